The van der Waals surface area contributed by atoms with Crippen molar-refractivity contribution in [2.45, 2.75) is 6.92 Å². The molecule has 0 fully saturated rings. The average Bonchev–Trinajstić information content (AvgIpc) is 2.90. The second-order valence-electron chi connectivity index (χ2n) is 5.74. The van der Waals surface area contributed by atoms with Gasteiger partial charge in [-0.3, -0.25) is 9.59 Å². The van der Waals surface area contributed by atoms with Crippen molar-refractivity contribution in [3.05, 3.63) is 64.6 Å². The number of carbonyl (C=O) groups excluding carboxylic acids is 2. The van der Waals surface area contributed by atoms with Crippen LogP contribution in [0.5, 0.6) is 5.75 Å². The summed E-state index contributed by atoms with van der Waals surface area (Å²) in [6.07, 6.45) is 0. The fourth-order valence-electron chi connectivity index (χ4n) is 2.84. The highest BCUT2D eigenvalue weighted by atomic mass is 32.2. The van der Waals surface area contributed by atoms with E-state index >= 15 is 0 Å². The average molecular weight is 369 g/mol. The summed E-state index contributed by atoms with van der Waals surface area (Å²) in [4.78, 5) is 27.7. The summed E-state index contributed by atoms with van der Waals surface area (Å²) in [6, 6.07) is 14.3. The number of para-hydroxylation sites is 1. The number of ether oxygens (including phenoxy) is 1. The number of imide groups is 1. The Bertz CT molecular complexity index is 874. The lowest BCUT2D eigenvalue weighted by Crippen LogP contribution is -2.31. The summed E-state index contributed by atoms with van der Waals surface area (Å²) in [5, 5.41) is 9.16. The first-order valence-corrected chi connectivity index (χ1v) is 9.13. The minimum absolute atomic E-state index is 0.0735. The number of rotatable bonds is 6. The molecule has 134 valence electrons. The maximum absolute atomic E-state index is 13.1. The molecule has 0 unspecified atom stereocenters. The van der Waals surface area contributed by atoms with Crippen LogP contribution in [0.4, 0.5) is 5.69 Å². The van der Waals surface area contributed by atoms with Gasteiger partial charge in [-0.2, -0.15) is 0 Å². The highest BCUT2D eigenvalue weighted by Crippen LogP contribution is 2.39. The van der Waals surface area contributed by atoms with Crippen molar-refractivity contribution in [2.75, 3.05) is 24.4 Å². The van der Waals surface area contributed by atoms with Crippen molar-refractivity contribution in [2.24, 2.45) is 0 Å². The van der Waals surface area contributed by atoms with E-state index in [1.807, 2.05) is 19.1 Å². The standard InChI is InChI=1S/C20H19NO4S/c1-13-5-3-4-6-16(13)21-19(23)17(18(20(21)24)26-12-11-22)14-7-9-15(25-2)10-8-14/h3-10,22H,11-12H2,1-2H3. The SMILES string of the molecule is COc1ccc(C2=C(SCCO)C(=O)N(c3ccccc3C)C2=O)cc1. The highest BCUT2D eigenvalue weighted by Gasteiger charge is 2.40. The third kappa shape index (κ3) is 3.25. The lowest BCUT2D eigenvalue weighted by molar-refractivity contribution is -0.119. The Kier molecular flexibility index (Phi) is 5.44. The van der Waals surface area contributed by atoms with E-state index in [-0.39, 0.29) is 18.4 Å². The van der Waals surface area contributed by atoms with Crippen molar-refractivity contribution < 1.29 is 19.4 Å². The number of thioether (sulfide) groups is 1. The molecule has 3 rings (SSSR count). The molecule has 1 heterocycles. The molecule has 26 heavy (non-hydrogen) atoms. The zero-order valence-corrected chi connectivity index (χ0v) is 15.4. The first-order chi connectivity index (χ1) is 12.6. The van der Waals surface area contributed by atoms with Crippen molar-refractivity contribution in [1.29, 1.82) is 0 Å². The summed E-state index contributed by atoms with van der Waals surface area (Å²) >= 11 is 1.20. The summed E-state index contributed by atoms with van der Waals surface area (Å²) < 4.78 is 5.16. The molecule has 1 N–H and O–H groups in total. The normalized spacial score (nSPS) is 14.3. The van der Waals surface area contributed by atoms with Crippen LogP contribution in [0.25, 0.3) is 5.57 Å². The third-order valence-electron chi connectivity index (χ3n) is 4.11. The van der Waals surface area contributed by atoms with Gasteiger partial charge >= 0.3 is 0 Å². The summed E-state index contributed by atoms with van der Waals surface area (Å²) in [7, 11) is 1.57. The number of anilines is 1. The molecule has 0 radical (unpaired) electrons. The first-order valence-electron chi connectivity index (χ1n) is 8.15. The van der Waals surface area contributed by atoms with Gasteiger partial charge in [-0.05, 0) is 36.2 Å². The maximum Gasteiger partial charge on any atom is 0.272 e. The van der Waals surface area contributed by atoms with Crippen LogP contribution >= 0.6 is 11.8 Å². The van der Waals surface area contributed by atoms with Crippen molar-refractivity contribution >= 4 is 34.8 Å². The molecule has 0 atom stereocenters. The molecule has 0 aromatic heterocycles. The number of hydrogen-bond acceptors (Lipinski definition) is 5. The van der Waals surface area contributed by atoms with Crippen molar-refractivity contribution in [1.82, 2.24) is 0 Å². The molecular weight excluding hydrogens is 350 g/mol. The van der Waals surface area contributed by atoms with E-state index in [1.165, 1.54) is 16.7 Å². The first kappa shape index (κ1) is 18.2. The fraction of sp³-hybridized carbons (Fsp3) is 0.200. The molecule has 1 aliphatic heterocycles. The van der Waals surface area contributed by atoms with Gasteiger partial charge in [0.2, 0.25) is 0 Å². The number of amides is 2. The second-order valence-corrected chi connectivity index (χ2v) is 6.84. The zero-order chi connectivity index (χ0) is 18.7. The van der Waals surface area contributed by atoms with Gasteiger partial charge < -0.3 is 9.84 Å². The van der Waals surface area contributed by atoms with Crippen LogP contribution in [0.15, 0.2) is 53.4 Å². The summed E-state index contributed by atoms with van der Waals surface area (Å²) in [6.45, 7) is 1.79. The quantitative estimate of drug-likeness (QED) is 0.793. The monoisotopic (exact) mass is 369 g/mol. The lowest BCUT2D eigenvalue weighted by Gasteiger charge is -2.17. The molecule has 2 aromatic carbocycles. The Morgan fingerprint density at radius 3 is 2.35 bits per heavy atom. The van der Waals surface area contributed by atoms with E-state index in [0.29, 0.717) is 33.2 Å². The second kappa shape index (κ2) is 7.76. The van der Waals surface area contributed by atoms with Crippen LogP contribution in [-0.2, 0) is 9.59 Å². The molecule has 1 aliphatic rings. The van der Waals surface area contributed by atoms with Gasteiger partial charge in [-0.25, -0.2) is 4.90 Å². The van der Waals surface area contributed by atoms with Gasteiger partial charge in [0.15, 0.2) is 0 Å². The Hall–Kier alpha value is -2.57. The van der Waals surface area contributed by atoms with Gasteiger partial charge in [0.05, 0.1) is 29.9 Å². The number of benzene rings is 2. The number of carbonyl (C=O) groups is 2. The molecule has 0 saturated carbocycles. The highest BCUT2D eigenvalue weighted by molar-refractivity contribution is 8.04. The van der Waals surface area contributed by atoms with Crippen LogP contribution in [0.2, 0.25) is 0 Å². The van der Waals surface area contributed by atoms with Gasteiger partial charge in [-0.15, -0.1) is 11.8 Å². The molecular formula is C20H19NO4S. The summed E-state index contributed by atoms with van der Waals surface area (Å²) in [5.74, 6) is 0.310. The van der Waals surface area contributed by atoms with Gasteiger partial charge in [0.1, 0.15) is 5.75 Å². The molecule has 5 nitrogen and oxygen atoms in total. The predicted molar refractivity (Wildman–Crippen MR) is 103 cm³/mol. The van der Waals surface area contributed by atoms with E-state index in [1.54, 1.807) is 43.5 Å². The Labute approximate surface area is 156 Å². The lowest BCUT2D eigenvalue weighted by atomic mass is 10.1. The number of nitrogens with zero attached hydrogens (tertiary/aromatic N) is 1. The van der Waals surface area contributed by atoms with Crippen LogP contribution in [0, 0.1) is 6.92 Å². The smallest absolute Gasteiger partial charge is 0.272 e. The number of hydrogen-bond donors (Lipinski definition) is 1. The molecule has 0 saturated heterocycles. The molecule has 6 heteroatoms. The molecule has 2 amide bonds. The van der Waals surface area contributed by atoms with E-state index in [4.69, 9.17) is 9.84 Å². The van der Waals surface area contributed by atoms with E-state index in [9.17, 15) is 9.59 Å². The Morgan fingerprint density at radius 1 is 1.04 bits per heavy atom. The van der Waals surface area contributed by atoms with Gasteiger partial charge in [0, 0.05) is 5.75 Å². The minimum atomic E-state index is -0.353. The number of aliphatic hydroxyl groups is 1. The van der Waals surface area contributed by atoms with Crippen molar-refractivity contribution in [3.8, 4) is 5.75 Å². The van der Waals surface area contributed by atoms with E-state index in [0.717, 1.165) is 5.56 Å². The van der Waals surface area contributed by atoms with Crippen molar-refractivity contribution in [3.63, 3.8) is 0 Å². The summed E-state index contributed by atoms with van der Waals surface area (Å²) in [5.41, 5.74) is 2.44. The number of methoxy groups -OCH3 is 1. The van der Waals surface area contributed by atoms with Crippen LogP contribution in [0.1, 0.15) is 11.1 Å². The zero-order valence-electron chi connectivity index (χ0n) is 14.6. The van der Waals surface area contributed by atoms with Gasteiger partial charge in [0.25, 0.3) is 11.8 Å². The topological polar surface area (TPSA) is 66.8 Å². The molecule has 0 bridgehead atoms. The largest absolute Gasteiger partial charge is 0.497 e. The maximum atomic E-state index is 13.1. The van der Waals surface area contributed by atoms with E-state index < -0.39 is 0 Å². The molecule has 0 aliphatic carbocycles. The molecule has 0 spiro atoms. The number of aliphatic hydroxyl groups excluding tert-OH is 1. The van der Waals surface area contributed by atoms with E-state index in [2.05, 4.69) is 0 Å². The van der Waals surface area contributed by atoms with Crippen LogP contribution in [-0.4, -0.2) is 36.4 Å². The minimum Gasteiger partial charge on any atom is -0.497 e. The van der Waals surface area contributed by atoms with Crippen LogP contribution < -0.4 is 9.64 Å². The predicted octanol–water partition coefficient (Wildman–Crippen LogP) is 3.01. The van der Waals surface area contributed by atoms with Gasteiger partial charge in [-0.1, -0.05) is 30.3 Å². The fourth-order valence-corrected chi connectivity index (χ4v) is 3.70. The van der Waals surface area contributed by atoms with Crippen LogP contribution in [0.3, 0.4) is 0 Å². The third-order valence-corrected chi connectivity index (χ3v) is 5.17. The Morgan fingerprint density at radius 2 is 1.73 bits per heavy atom. The number of aryl methyl sites for hydroxylation is 1. The Balaban J connectivity index is 2.07. The molecule has 2 aromatic rings.